The molecule has 1 aliphatic heterocycles. The van der Waals surface area contributed by atoms with Crippen LogP contribution in [-0.4, -0.2) is 23.8 Å². The molecule has 0 N–H and O–H groups in total. The molecule has 0 fully saturated rings. The van der Waals surface area contributed by atoms with E-state index in [1.54, 1.807) is 22.8 Å². The van der Waals surface area contributed by atoms with Crippen molar-refractivity contribution in [3.05, 3.63) is 94.6 Å². The first-order chi connectivity index (χ1) is 17.3. The Bertz CT molecular complexity index is 1510. The fourth-order valence-corrected chi connectivity index (χ4v) is 5.62. The summed E-state index contributed by atoms with van der Waals surface area (Å²) in [5.41, 5.74) is 2.05. The highest BCUT2D eigenvalue weighted by atomic mass is 35.5. The first-order valence-electron chi connectivity index (χ1n) is 11.6. The van der Waals surface area contributed by atoms with Crippen molar-refractivity contribution >= 4 is 46.6 Å². The fraction of sp³-hybridized carbons (Fsp3) is 0.296. The Balaban J connectivity index is 1.99. The van der Waals surface area contributed by atoms with E-state index in [0.29, 0.717) is 48.4 Å². The van der Waals surface area contributed by atoms with Crippen LogP contribution in [0.5, 0.6) is 5.75 Å². The number of carbonyl (C=O) groups excluding carboxylic acids is 1. The predicted octanol–water partition coefficient (Wildman–Crippen LogP) is 5.28. The molecular formula is C27H26Cl2N2O4S. The van der Waals surface area contributed by atoms with Crippen molar-refractivity contribution in [1.29, 1.82) is 0 Å². The molecule has 0 amide bonds. The van der Waals surface area contributed by atoms with Crippen LogP contribution < -0.4 is 19.6 Å². The lowest BCUT2D eigenvalue weighted by molar-refractivity contribution is -0.136. The van der Waals surface area contributed by atoms with Gasteiger partial charge in [-0.05, 0) is 43.5 Å². The van der Waals surface area contributed by atoms with Gasteiger partial charge in [0, 0.05) is 10.6 Å². The Labute approximate surface area is 223 Å². The smallest absolute Gasteiger partial charge is 0.338 e. The lowest BCUT2D eigenvalue weighted by atomic mass is 9.95. The Morgan fingerprint density at radius 2 is 1.94 bits per heavy atom. The van der Waals surface area contributed by atoms with E-state index in [0.717, 1.165) is 12.0 Å². The van der Waals surface area contributed by atoms with Crippen molar-refractivity contribution < 1.29 is 14.3 Å². The summed E-state index contributed by atoms with van der Waals surface area (Å²) in [5.74, 6) is -0.0463. The lowest BCUT2D eigenvalue weighted by Crippen LogP contribution is -2.40. The predicted molar refractivity (Wildman–Crippen MR) is 144 cm³/mol. The Hall–Kier alpha value is -2.87. The summed E-state index contributed by atoms with van der Waals surface area (Å²) >= 11 is 14.0. The van der Waals surface area contributed by atoms with E-state index >= 15 is 0 Å². The number of hydrogen-bond acceptors (Lipinski definition) is 6. The molecule has 1 aliphatic rings. The molecule has 3 aromatic rings. The number of benzene rings is 2. The third-order valence-electron chi connectivity index (χ3n) is 5.98. The summed E-state index contributed by atoms with van der Waals surface area (Å²) in [6, 6.07) is 12.1. The SMILES string of the molecule is CCC1=C(C(=O)OC)[C@H](c2ccccc2)n2c(s/c(=C/c3cc(Cl)cc(Cl)c3O[C@H](C)CC)c2=O)=N1. The molecule has 9 heteroatoms. The highest BCUT2D eigenvalue weighted by molar-refractivity contribution is 7.07. The molecule has 2 atom stereocenters. The topological polar surface area (TPSA) is 69.9 Å². The molecular weight excluding hydrogens is 519 g/mol. The fourth-order valence-electron chi connectivity index (χ4n) is 4.05. The maximum Gasteiger partial charge on any atom is 0.338 e. The van der Waals surface area contributed by atoms with Crippen LogP contribution in [0.3, 0.4) is 0 Å². The molecule has 0 spiro atoms. The van der Waals surface area contributed by atoms with Gasteiger partial charge in [-0.2, -0.15) is 0 Å². The number of halogens is 2. The number of nitrogens with zero attached hydrogens (tertiary/aromatic N) is 2. The molecule has 0 saturated carbocycles. The Morgan fingerprint density at radius 3 is 2.58 bits per heavy atom. The summed E-state index contributed by atoms with van der Waals surface area (Å²) < 4.78 is 13.1. The Morgan fingerprint density at radius 1 is 1.22 bits per heavy atom. The minimum absolute atomic E-state index is 0.0788. The number of ether oxygens (including phenoxy) is 2. The van der Waals surface area contributed by atoms with Crippen LogP contribution in [0.25, 0.3) is 6.08 Å². The van der Waals surface area contributed by atoms with Crippen LogP contribution in [0.2, 0.25) is 10.0 Å². The lowest BCUT2D eigenvalue weighted by Gasteiger charge is -2.25. The van der Waals surface area contributed by atoms with E-state index in [9.17, 15) is 9.59 Å². The van der Waals surface area contributed by atoms with Gasteiger partial charge in [-0.25, -0.2) is 9.79 Å². The number of esters is 1. The summed E-state index contributed by atoms with van der Waals surface area (Å²) in [4.78, 5) is 31.9. The summed E-state index contributed by atoms with van der Waals surface area (Å²) in [6.07, 6.45) is 2.93. The van der Waals surface area contributed by atoms with Crippen molar-refractivity contribution in [2.75, 3.05) is 7.11 Å². The van der Waals surface area contributed by atoms with Gasteiger partial charge < -0.3 is 9.47 Å². The van der Waals surface area contributed by atoms with E-state index in [1.807, 2.05) is 51.1 Å². The van der Waals surface area contributed by atoms with Crippen molar-refractivity contribution in [1.82, 2.24) is 4.57 Å². The van der Waals surface area contributed by atoms with Gasteiger partial charge in [-0.3, -0.25) is 9.36 Å². The van der Waals surface area contributed by atoms with E-state index in [2.05, 4.69) is 4.99 Å². The van der Waals surface area contributed by atoms with Gasteiger partial charge in [-0.1, -0.05) is 78.7 Å². The molecule has 36 heavy (non-hydrogen) atoms. The summed E-state index contributed by atoms with van der Waals surface area (Å²) in [5, 5.41) is 0.796. The van der Waals surface area contributed by atoms with Gasteiger partial charge in [-0.15, -0.1) is 0 Å². The standard InChI is InChI=1S/C27H26Cl2N2O4S/c1-5-15(3)35-24-17(12-18(28)14-19(24)29)13-21-25(32)31-23(16-10-8-7-9-11-16)22(26(33)34-4)20(6-2)30-27(31)36-21/h7-15,23H,5-6H2,1-4H3/b21-13+/t15-,23+/m1/s1. The van der Waals surface area contributed by atoms with Crippen LogP contribution >= 0.6 is 34.5 Å². The van der Waals surface area contributed by atoms with Crippen LogP contribution in [0, 0.1) is 0 Å². The van der Waals surface area contributed by atoms with Crippen molar-refractivity contribution in [2.24, 2.45) is 4.99 Å². The van der Waals surface area contributed by atoms with Gasteiger partial charge in [0.05, 0.1) is 40.1 Å². The second kappa shape index (κ2) is 11.0. The van der Waals surface area contributed by atoms with E-state index in [-0.39, 0.29) is 11.7 Å². The number of allylic oxidation sites excluding steroid dienone is 1. The zero-order valence-electron chi connectivity index (χ0n) is 20.4. The first kappa shape index (κ1) is 26.2. The number of aromatic nitrogens is 1. The normalized spacial score (nSPS) is 16.4. The van der Waals surface area contributed by atoms with Gasteiger partial charge in [0.2, 0.25) is 0 Å². The minimum atomic E-state index is -0.661. The van der Waals surface area contributed by atoms with Gasteiger partial charge in [0.1, 0.15) is 5.75 Å². The van der Waals surface area contributed by atoms with E-state index in [1.165, 1.54) is 18.4 Å². The summed E-state index contributed by atoms with van der Waals surface area (Å²) in [6.45, 7) is 5.88. The molecule has 0 aliphatic carbocycles. The molecule has 188 valence electrons. The zero-order valence-corrected chi connectivity index (χ0v) is 22.7. The summed E-state index contributed by atoms with van der Waals surface area (Å²) in [7, 11) is 1.33. The number of rotatable bonds is 7. The first-order valence-corrected chi connectivity index (χ1v) is 13.2. The maximum atomic E-state index is 13.8. The molecule has 6 nitrogen and oxygen atoms in total. The highest BCUT2D eigenvalue weighted by Crippen LogP contribution is 2.34. The third-order valence-corrected chi connectivity index (χ3v) is 7.47. The van der Waals surface area contributed by atoms with E-state index < -0.39 is 12.0 Å². The van der Waals surface area contributed by atoms with Crippen LogP contribution in [0.15, 0.2) is 63.5 Å². The van der Waals surface area contributed by atoms with Crippen molar-refractivity contribution in [2.45, 2.75) is 45.8 Å². The third kappa shape index (κ3) is 5.01. The van der Waals surface area contributed by atoms with Crippen LogP contribution in [0.1, 0.15) is 50.8 Å². The molecule has 2 heterocycles. The number of methoxy groups -OCH3 is 1. The molecule has 0 unspecified atom stereocenters. The molecule has 0 bridgehead atoms. The Kier molecular flexibility index (Phi) is 8.03. The second-order valence-corrected chi connectivity index (χ2v) is 10.2. The number of carbonyl (C=O) groups is 1. The molecule has 2 aromatic carbocycles. The number of fused-ring (bicyclic) bond motifs is 1. The second-order valence-electron chi connectivity index (χ2n) is 8.34. The maximum absolute atomic E-state index is 13.8. The van der Waals surface area contributed by atoms with Gasteiger partial charge >= 0.3 is 5.97 Å². The van der Waals surface area contributed by atoms with Crippen molar-refractivity contribution in [3.63, 3.8) is 0 Å². The highest BCUT2D eigenvalue weighted by Gasteiger charge is 2.33. The van der Waals surface area contributed by atoms with Crippen LogP contribution in [0.4, 0.5) is 0 Å². The van der Waals surface area contributed by atoms with Crippen LogP contribution in [-0.2, 0) is 9.53 Å². The van der Waals surface area contributed by atoms with Gasteiger partial charge in [0.15, 0.2) is 4.80 Å². The molecule has 0 radical (unpaired) electrons. The molecule has 1 aromatic heterocycles. The minimum Gasteiger partial charge on any atom is -0.489 e. The van der Waals surface area contributed by atoms with Crippen molar-refractivity contribution in [3.8, 4) is 5.75 Å². The molecule has 4 rings (SSSR count). The number of thiazole rings is 1. The molecule has 0 saturated heterocycles. The van der Waals surface area contributed by atoms with Gasteiger partial charge in [0.25, 0.3) is 5.56 Å². The van der Waals surface area contributed by atoms with E-state index in [4.69, 9.17) is 32.7 Å². The largest absolute Gasteiger partial charge is 0.489 e. The monoisotopic (exact) mass is 544 g/mol. The average Bonchev–Trinajstić information content (AvgIpc) is 3.19. The average molecular weight is 545 g/mol. The zero-order chi connectivity index (χ0) is 26.0. The quantitative estimate of drug-likeness (QED) is 0.379. The number of hydrogen-bond donors (Lipinski definition) is 0.